The maximum atomic E-state index is 4.41. The molecule has 0 amide bonds. The molecule has 1 saturated heterocycles. The summed E-state index contributed by atoms with van der Waals surface area (Å²) in [4.78, 5) is 13.4. The molecule has 6 heteroatoms. The maximum Gasteiger partial charge on any atom is 0.254 e. The lowest BCUT2D eigenvalue weighted by atomic mass is 10.2. The first-order chi connectivity index (χ1) is 11.2. The molecule has 0 bridgehead atoms. The zero-order valence-electron chi connectivity index (χ0n) is 13.5. The Bertz CT molecular complexity index is 815. The Morgan fingerprint density at radius 1 is 0.913 bits per heavy atom. The fraction of sp³-hybridized carbons (Fsp3) is 0.353. The Hall–Kier alpha value is -2.63. The molecule has 0 atom stereocenters. The molecule has 118 valence electrons. The standard InChI is InChI=1S/C17H20N6/c1-13-3-5-15(6-4-13)21-7-9-22(10-8-21)16-11-14(2)20-17-18-12-19-23(16)17/h3-6,11-12H,7-10H2,1-2H3. The normalized spacial score (nSPS) is 15.4. The number of benzene rings is 1. The summed E-state index contributed by atoms with van der Waals surface area (Å²) in [5.74, 6) is 1.74. The molecule has 3 aromatic rings. The van der Waals surface area contributed by atoms with Crippen molar-refractivity contribution in [3.63, 3.8) is 0 Å². The molecule has 0 spiro atoms. The summed E-state index contributed by atoms with van der Waals surface area (Å²) < 4.78 is 1.83. The van der Waals surface area contributed by atoms with E-state index in [4.69, 9.17) is 0 Å². The summed E-state index contributed by atoms with van der Waals surface area (Å²) in [6.07, 6.45) is 1.56. The van der Waals surface area contributed by atoms with Crippen LogP contribution in [0.2, 0.25) is 0 Å². The Morgan fingerprint density at radius 3 is 2.35 bits per heavy atom. The van der Waals surface area contributed by atoms with Crippen molar-refractivity contribution in [2.75, 3.05) is 36.0 Å². The van der Waals surface area contributed by atoms with Gasteiger partial charge in [0, 0.05) is 43.6 Å². The van der Waals surface area contributed by atoms with Gasteiger partial charge in [0.25, 0.3) is 5.78 Å². The molecule has 1 aliphatic heterocycles. The van der Waals surface area contributed by atoms with Crippen LogP contribution in [-0.4, -0.2) is 45.8 Å². The summed E-state index contributed by atoms with van der Waals surface area (Å²) in [7, 11) is 0. The number of hydrogen-bond acceptors (Lipinski definition) is 5. The number of anilines is 2. The number of aryl methyl sites for hydroxylation is 2. The molecule has 1 fully saturated rings. The average molecular weight is 308 g/mol. The van der Waals surface area contributed by atoms with Crippen molar-refractivity contribution in [3.05, 3.63) is 47.9 Å². The maximum absolute atomic E-state index is 4.41. The fourth-order valence-electron chi connectivity index (χ4n) is 3.09. The Labute approximate surface area is 135 Å². The summed E-state index contributed by atoms with van der Waals surface area (Å²) in [5, 5.41) is 4.31. The lowest BCUT2D eigenvalue weighted by molar-refractivity contribution is 0.638. The zero-order valence-corrected chi connectivity index (χ0v) is 13.5. The van der Waals surface area contributed by atoms with Crippen LogP contribution in [-0.2, 0) is 0 Å². The molecular weight excluding hydrogens is 288 g/mol. The van der Waals surface area contributed by atoms with E-state index >= 15 is 0 Å². The van der Waals surface area contributed by atoms with Crippen LogP contribution in [0.15, 0.2) is 36.7 Å². The van der Waals surface area contributed by atoms with Gasteiger partial charge in [-0.2, -0.15) is 14.6 Å². The van der Waals surface area contributed by atoms with E-state index in [1.807, 2.05) is 11.4 Å². The van der Waals surface area contributed by atoms with E-state index in [1.165, 1.54) is 11.3 Å². The third-order valence-corrected chi connectivity index (χ3v) is 4.36. The van der Waals surface area contributed by atoms with Crippen molar-refractivity contribution in [1.29, 1.82) is 0 Å². The van der Waals surface area contributed by atoms with E-state index < -0.39 is 0 Å². The quantitative estimate of drug-likeness (QED) is 0.725. The Morgan fingerprint density at radius 2 is 1.61 bits per heavy atom. The highest BCUT2D eigenvalue weighted by molar-refractivity contribution is 5.52. The molecule has 0 radical (unpaired) electrons. The van der Waals surface area contributed by atoms with Gasteiger partial charge in [-0.05, 0) is 26.0 Å². The lowest BCUT2D eigenvalue weighted by Crippen LogP contribution is -2.47. The van der Waals surface area contributed by atoms with E-state index in [9.17, 15) is 0 Å². The summed E-state index contributed by atoms with van der Waals surface area (Å²) in [5.41, 5.74) is 3.57. The van der Waals surface area contributed by atoms with Crippen LogP contribution < -0.4 is 9.80 Å². The zero-order chi connectivity index (χ0) is 15.8. The topological polar surface area (TPSA) is 49.6 Å². The van der Waals surface area contributed by atoms with Gasteiger partial charge in [-0.15, -0.1) is 0 Å². The lowest BCUT2D eigenvalue weighted by Gasteiger charge is -2.37. The Kier molecular flexibility index (Phi) is 3.37. The van der Waals surface area contributed by atoms with Gasteiger partial charge >= 0.3 is 0 Å². The summed E-state index contributed by atoms with van der Waals surface area (Å²) in [6.45, 7) is 8.05. The van der Waals surface area contributed by atoms with Crippen LogP contribution in [0.3, 0.4) is 0 Å². The molecule has 6 nitrogen and oxygen atoms in total. The third-order valence-electron chi connectivity index (χ3n) is 4.36. The predicted molar refractivity (Wildman–Crippen MR) is 91.1 cm³/mol. The van der Waals surface area contributed by atoms with E-state index in [2.05, 4.69) is 62.1 Å². The third kappa shape index (κ3) is 2.60. The molecule has 0 aliphatic carbocycles. The van der Waals surface area contributed by atoms with E-state index in [1.54, 1.807) is 6.33 Å². The highest BCUT2D eigenvalue weighted by atomic mass is 15.4. The molecule has 4 rings (SSSR count). The van der Waals surface area contributed by atoms with Gasteiger partial charge in [0.05, 0.1) is 0 Å². The predicted octanol–water partition coefficient (Wildman–Crippen LogP) is 2.07. The smallest absolute Gasteiger partial charge is 0.254 e. The van der Waals surface area contributed by atoms with Crippen LogP contribution in [0.4, 0.5) is 11.5 Å². The van der Waals surface area contributed by atoms with Gasteiger partial charge in [0.2, 0.25) is 0 Å². The summed E-state index contributed by atoms with van der Waals surface area (Å²) in [6, 6.07) is 10.8. The number of hydrogen-bond donors (Lipinski definition) is 0. The second-order valence-corrected chi connectivity index (χ2v) is 6.04. The van der Waals surface area contributed by atoms with E-state index in [0.717, 1.165) is 37.7 Å². The number of piperazine rings is 1. The van der Waals surface area contributed by atoms with Gasteiger partial charge in [0.15, 0.2) is 0 Å². The number of aromatic nitrogens is 4. The van der Waals surface area contributed by atoms with Crippen molar-refractivity contribution in [2.45, 2.75) is 13.8 Å². The molecule has 23 heavy (non-hydrogen) atoms. The van der Waals surface area contributed by atoms with Crippen molar-refractivity contribution in [3.8, 4) is 0 Å². The molecule has 0 N–H and O–H groups in total. The van der Waals surface area contributed by atoms with Crippen LogP contribution in [0.25, 0.3) is 5.78 Å². The minimum Gasteiger partial charge on any atom is -0.368 e. The first-order valence-corrected chi connectivity index (χ1v) is 7.95. The molecule has 1 aromatic carbocycles. The monoisotopic (exact) mass is 308 g/mol. The van der Waals surface area contributed by atoms with Crippen LogP contribution in [0, 0.1) is 13.8 Å². The Balaban J connectivity index is 1.55. The van der Waals surface area contributed by atoms with Crippen LogP contribution in [0.1, 0.15) is 11.3 Å². The molecule has 1 aliphatic rings. The van der Waals surface area contributed by atoms with Crippen molar-refractivity contribution in [1.82, 2.24) is 19.6 Å². The number of nitrogens with zero attached hydrogens (tertiary/aromatic N) is 6. The minimum absolute atomic E-state index is 0.668. The van der Waals surface area contributed by atoms with E-state index in [0.29, 0.717) is 5.78 Å². The van der Waals surface area contributed by atoms with E-state index in [-0.39, 0.29) is 0 Å². The van der Waals surface area contributed by atoms with Crippen LogP contribution in [0.5, 0.6) is 0 Å². The van der Waals surface area contributed by atoms with Gasteiger partial charge in [-0.3, -0.25) is 0 Å². The second kappa shape index (κ2) is 5.53. The molecule has 2 aromatic heterocycles. The van der Waals surface area contributed by atoms with Crippen molar-refractivity contribution >= 4 is 17.3 Å². The van der Waals surface area contributed by atoms with Gasteiger partial charge in [-0.1, -0.05) is 17.7 Å². The summed E-state index contributed by atoms with van der Waals surface area (Å²) >= 11 is 0. The minimum atomic E-state index is 0.668. The van der Waals surface area contributed by atoms with Gasteiger partial charge in [0.1, 0.15) is 12.1 Å². The van der Waals surface area contributed by atoms with Crippen molar-refractivity contribution < 1.29 is 0 Å². The fourth-order valence-corrected chi connectivity index (χ4v) is 3.09. The molecular formula is C17H20N6. The highest BCUT2D eigenvalue weighted by Crippen LogP contribution is 2.21. The number of rotatable bonds is 2. The van der Waals surface area contributed by atoms with Gasteiger partial charge in [-0.25, -0.2) is 4.98 Å². The first-order valence-electron chi connectivity index (χ1n) is 7.95. The SMILES string of the molecule is Cc1ccc(N2CCN(c3cc(C)nc4ncnn34)CC2)cc1. The average Bonchev–Trinajstić information content (AvgIpc) is 3.03. The van der Waals surface area contributed by atoms with Crippen molar-refractivity contribution in [2.24, 2.45) is 0 Å². The highest BCUT2D eigenvalue weighted by Gasteiger charge is 2.20. The molecule has 3 heterocycles. The molecule has 0 saturated carbocycles. The van der Waals surface area contributed by atoms with Crippen LogP contribution >= 0.6 is 0 Å². The number of fused-ring (bicyclic) bond motifs is 1. The second-order valence-electron chi connectivity index (χ2n) is 6.04. The van der Waals surface area contributed by atoms with Gasteiger partial charge < -0.3 is 9.80 Å². The molecule has 0 unspecified atom stereocenters. The largest absolute Gasteiger partial charge is 0.368 e. The first kappa shape index (κ1) is 14.0.